The molecule has 3 heteroatoms. The molecule has 1 rings (SSSR count). The van der Waals surface area contributed by atoms with Crippen molar-refractivity contribution in [1.29, 1.82) is 0 Å². The van der Waals surface area contributed by atoms with Crippen LogP contribution in [0.15, 0.2) is 12.1 Å². The van der Waals surface area contributed by atoms with E-state index in [9.17, 15) is 9.50 Å². The molecule has 0 radical (unpaired) electrons. The monoisotopic (exact) mass is 216 g/mol. The zero-order valence-corrected chi connectivity index (χ0v) is 9.27. The van der Waals surface area contributed by atoms with Crippen LogP contribution in [-0.2, 0) is 0 Å². The molecule has 0 fully saturated rings. The molecule has 0 aliphatic rings. The van der Waals surface area contributed by atoms with Gasteiger partial charge in [-0.2, -0.15) is 0 Å². The Labute approximate surface area is 88.5 Å². The average Bonchev–Trinajstić information content (AvgIpc) is 2.09. The summed E-state index contributed by atoms with van der Waals surface area (Å²) in [6, 6.07) is 3.18. The predicted molar refractivity (Wildman–Crippen MR) is 55.9 cm³/mol. The SMILES string of the molecule is Cc1cc(Cl)c(F)c(C(O)C(C)C)c1. The minimum Gasteiger partial charge on any atom is -0.388 e. The third-order valence-corrected chi connectivity index (χ3v) is 2.43. The Morgan fingerprint density at radius 1 is 1.36 bits per heavy atom. The lowest BCUT2D eigenvalue weighted by Gasteiger charge is -2.16. The van der Waals surface area contributed by atoms with Crippen molar-refractivity contribution >= 4 is 11.6 Å². The summed E-state index contributed by atoms with van der Waals surface area (Å²) in [6.07, 6.45) is -0.799. The number of aryl methyl sites for hydroxylation is 1. The number of aliphatic hydroxyl groups excluding tert-OH is 1. The Morgan fingerprint density at radius 2 is 1.93 bits per heavy atom. The molecular weight excluding hydrogens is 203 g/mol. The maximum Gasteiger partial charge on any atom is 0.147 e. The molecular formula is C11H14ClFO. The lowest BCUT2D eigenvalue weighted by atomic mass is 9.97. The van der Waals surface area contributed by atoms with Gasteiger partial charge in [-0.05, 0) is 24.5 Å². The van der Waals surface area contributed by atoms with Crippen molar-refractivity contribution in [2.24, 2.45) is 5.92 Å². The van der Waals surface area contributed by atoms with Gasteiger partial charge in [0, 0.05) is 5.56 Å². The standard InChI is InChI=1S/C11H14ClFO/c1-6(2)11(14)8-4-7(3)5-9(12)10(8)13/h4-6,11,14H,1-3H3. The summed E-state index contributed by atoms with van der Waals surface area (Å²) in [5, 5.41) is 9.80. The minimum atomic E-state index is -0.799. The highest BCUT2D eigenvalue weighted by atomic mass is 35.5. The first kappa shape index (κ1) is 11.5. The highest BCUT2D eigenvalue weighted by Crippen LogP contribution is 2.29. The summed E-state index contributed by atoms with van der Waals surface area (Å²) < 4.78 is 13.5. The Hall–Kier alpha value is -0.600. The zero-order valence-electron chi connectivity index (χ0n) is 8.51. The van der Waals surface area contributed by atoms with Crippen LogP contribution in [0, 0.1) is 18.7 Å². The highest BCUT2D eigenvalue weighted by Gasteiger charge is 2.18. The number of rotatable bonds is 2. The molecule has 1 aromatic carbocycles. The molecule has 0 spiro atoms. The topological polar surface area (TPSA) is 20.2 Å². The molecule has 0 saturated heterocycles. The molecule has 1 atom stereocenters. The van der Waals surface area contributed by atoms with Crippen LogP contribution in [0.1, 0.15) is 31.1 Å². The highest BCUT2D eigenvalue weighted by molar-refractivity contribution is 6.30. The smallest absolute Gasteiger partial charge is 0.147 e. The first-order valence-electron chi connectivity index (χ1n) is 4.57. The number of benzene rings is 1. The number of halogens is 2. The van der Waals surface area contributed by atoms with E-state index >= 15 is 0 Å². The molecule has 0 aromatic heterocycles. The van der Waals surface area contributed by atoms with Crippen molar-refractivity contribution in [2.45, 2.75) is 26.9 Å². The summed E-state index contributed by atoms with van der Waals surface area (Å²) >= 11 is 5.68. The normalized spacial score (nSPS) is 13.4. The van der Waals surface area contributed by atoms with Crippen molar-refractivity contribution in [1.82, 2.24) is 0 Å². The molecule has 1 unspecified atom stereocenters. The molecule has 0 aliphatic heterocycles. The Morgan fingerprint density at radius 3 is 2.43 bits per heavy atom. The van der Waals surface area contributed by atoms with Crippen molar-refractivity contribution in [3.63, 3.8) is 0 Å². The lowest BCUT2D eigenvalue weighted by molar-refractivity contribution is 0.123. The first-order valence-corrected chi connectivity index (χ1v) is 4.95. The third-order valence-electron chi connectivity index (χ3n) is 2.15. The van der Waals surface area contributed by atoms with Gasteiger partial charge >= 0.3 is 0 Å². The fourth-order valence-electron chi connectivity index (χ4n) is 1.33. The second-order valence-corrected chi connectivity index (χ2v) is 4.25. The summed E-state index contributed by atoms with van der Waals surface area (Å²) in [5.74, 6) is -0.541. The molecule has 1 aromatic rings. The van der Waals surface area contributed by atoms with Crippen LogP contribution in [0.2, 0.25) is 5.02 Å². The summed E-state index contributed by atoms with van der Waals surface area (Å²) in [4.78, 5) is 0. The summed E-state index contributed by atoms with van der Waals surface area (Å²) in [6.45, 7) is 5.49. The van der Waals surface area contributed by atoms with Gasteiger partial charge in [0.05, 0.1) is 11.1 Å². The van der Waals surface area contributed by atoms with E-state index in [1.54, 1.807) is 12.1 Å². The fourth-order valence-corrected chi connectivity index (χ4v) is 1.61. The Kier molecular flexibility index (Phi) is 3.51. The van der Waals surface area contributed by atoms with Gasteiger partial charge in [-0.15, -0.1) is 0 Å². The van der Waals surface area contributed by atoms with Crippen LogP contribution in [0.4, 0.5) is 4.39 Å². The van der Waals surface area contributed by atoms with Crippen molar-refractivity contribution in [3.05, 3.63) is 34.1 Å². The van der Waals surface area contributed by atoms with Crippen molar-refractivity contribution in [2.75, 3.05) is 0 Å². The third kappa shape index (κ3) is 2.25. The second kappa shape index (κ2) is 4.28. The molecule has 0 bridgehead atoms. The van der Waals surface area contributed by atoms with Gasteiger partial charge in [-0.25, -0.2) is 4.39 Å². The summed E-state index contributed by atoms with van der Waals surface area (Å²) in [5.41, 5.74) is 1.14. The fraction of sp³-hybridized carbons (Fsp3) is 0.455. The van der Waals surface area contributed by atoms with Crippen LogP contribution < -0.4 is 0 Å². The molecule has 14 heavy (non-hydrogen) atoms. The molecule has 1 N–H and O–H groups in total. The molecule has 0 aliphatic carbocycles. The Balaban J connectivity index is 3.20. The van der Waals surface area contributed by atoms with E-state index in [1.165, 1.54) is 0 Å². The quantitative estimate of drug-likeness (QED) is 0.803. The number of aliphatic hydroxyl groups is 1. The van der Waals surface area contributed by atoms with Crippen LogP contribution in [0.25, 0.3) is 0 Å². The van der Waals surface area contributed by atoms with Crippen molar-refractivity contribution in [3.8, 4) is 0 Å². The molecule has 0 heterocycles. The Bertz CT molecular complexity index is 336. The van der Waals surface area contributed by atoms with Gasteiger partial charge in [0.15, 0.2) is 0 Å². The molecule has 0 amide bonds. The van der Waals surface area contributed by atoms with Crippen LogP contribution in [0.3, 0.4) is 0 Å². The molecule has 0 saturated carbocycles. The zero-order chi connectivity index (χ0) is 10.9. The van der Waals surface area contributed by atoms with Gasteiger partial charge in [0.2, 0.25) is 0 Å². The predicted octanol–water partition coefficient (Wildman–Crippen LogP) is 3.48. The van der Waals surface area contributed by atoms with Gasteiger partial charge in [0.25, 0.3) is 0 Å². The van der Waals surface area contributed by atoms with Gasteiger partial charge in [-0.1, -0.05) is 31.5 Å². The van der Waals surface area contributed by atoms with E-state index in [4.69, 9.17) is 11.6 Å². The minimum absolute atomic E-state index is 0.0256. The summed E-state index contributed by atoms with van der Waals surface area (Å²) in [7, 11) is 0. The van der Waals surface area contributed by atoms with Gasteiger partial charge < -0.3 is 5.11 Å². The number of hydrogen-bond acceptors (Lipinski definition) is 1. The molecule has 1 nitrogen and oxygen atoms in total. The largest absolute Gasteiger partial charge is 0.388 e. The van der Waals surface area contributed by atoms with E-state index in [0.717, 1.165) is 5.56 Å². The van der Waals surface area contributed by atoms with E-state index in [-0.39, 0.29) is 16.5 Å². The maximum atomic E-state index is 13.5. The second-order valence-electron chi connectivity index (χ2n) is 3.84. The van der Waals surface area contributed by atoms with E-state index in [0.29, 0.717) is 0 Å². The van der Waals surface area contributed by atoms with Gasteiger partial charge in [0.1, 0.15) is 5.82 Å². The van der Waals surface area contributed by atoms with E-state index in [2.05, 4.69) is 0 Å². The van der Waals surface area contributed by atoms with Crippen molar-refractivity contribution < 1.29 is 9.50 Å². The van der Waals surface area contributed by atoms with Crippen LogP contribution in [0.5, 0.6) is 0 Å². The average molecular weight is 217 g/mol. The number of hydrogen-bond donors (Lipinski definition) is 1. The first-order chi connectivity index (χ1) is 6.43. The maximum absolute atomic E-state index is 13.5. The van der Waals surface area contributed by atoms with Gasteiger partial charge in [-0.3, -0.25) is 0 Å². The molecule has 78 valence electrons. The lowest BCUT2D eigenvalue weighted by Crippen LogP contribution is -2.08. The van der Waals surface area contributed by atoms with E-state index < -0.39 is 11.9 Å². The van der Waals surface area contributed by atoms with E-state index in [1.807, 2.05) is 20.8 Å². The van der Waals surface area contributed by atoms with Crippen LogP contribution in [-0.4, -0.2) is 5.11 Å². The van der Waals surface area contributed by atoms with Crippen LogP contribution >= 0.6 is 11.6 Å².